The first-order chi connectivity index (χ1) is 19.4. The minimum Gasteiger partial charge on any atom is -0.459 e. The first-order valence-corrected chi connectivity index (χ1v) is 14.0. The van der Waals surface area contributed by atoms with Gasteiger partial charge in [0, 0.05) is 16.7 Å². The van der Waals surface area contributed by atoms with Crippen LogP contribution >= 0.6 is 23.4 Å². The van der Waals surface area contributed by atoms with E-state index >= 15 is 0 Å². The van der Waals surface area contributed by atoms with E-state index < -0.39 is 5.97 Å². The van der Waals surface area contributed by atoms with Gasteiger partial charge in [-0.2, -0.15) is 0 Å². The van der Waals surface area contributed by atoms with Crippen molar-refractivity contribution in [1.29, 1.82) is 0 Å². The molecule has 40 heavy (non-hydrogen) atoms. The van der Waals surface area contributed by atoms with Gasteiger partial charge in [0.25, 0.3) is 5.91 Å². The Kier molecular flexibility index (Phi) is 8.53. The molecule has 0 saturated carbocycles. The number of amidine groups is 1. The Morgan fingerprint density at radius 1 is 1.00 bits per heavy atom. The molecule has 0 radical (unpaired) electrons. The average molecular weight is 571 g/mol. The Morgan fingerprint density at radius 2 is 1.70 bits per heavy atom. The summed E-state index contributed by atoms with van der Waals surface area (Å²) in [5, 5.41) is 1.09. The number of nitrogens with zero attached hydrogens (tertiary/aromatic N) is 2. The van der Waals surface area contributed by atoms with E-state index in [-0.39, 0.29) is 12.0 Å². The highest BCUT2D eigenvalue weighted by atomic mass is 35.5. The molecule has 202 valence electrons. The zero-order valence-electron chi connectivity index (χ0n) is 22.0. The molecule has 0 N–H and O–H groups in total. The zero-order chi connectivity index (χ0) is 28.1. The van der Waals surface area contributed by atoms with E-state index in [0.29, 0.717) is 50.8 Å². The average Bonchev–Trinajstić information content (AvgIpc) is 3.53. The number of aliphatic imine (C=N–C) groups is 1. The summed E-state index contributed by atoms with van der Waals surface area (Å²) in [6.07, 6.45) is 1.44. The summed E-state index contributed by atoms with van der Waals surface area (Å²) >= 11 is 7.56. The molecule has 0 spiro atoms. The Balaban J connectivity index is 1.44. The fourth-order valence-electron chi connectivity index (χ4n) is 4.15. The molecular weight excluding hydrogens is 544 g/mol. The van der Waals surface area contributed by atoms with Crippen molar-refractivity contribution in [3.05, 3.63) is 123 Å². The van der Waals surface area contributed by atoms with Crippen LogP contribution in [0.1, 0.15) is 41.1 Å². The highest BCUT2D eigenvalue weighted by Gasteiger charge is 2.33. The van der Waals surface area contributed by atoms with Gasteiger partial charge in [0.2, 0.25) is 0 Å². The summed E-state index contributed by atoms with van der Waals surface area (Å²) in [7, 11) is 0. The summed E-state index contributed by atoms with van der Waals surface area (Å²) in [5.74, 6) is 0.301. The number of ether oxygens (including phenoxy) is 1. The lowest BCUT2D eigenvalue weighted by atomic mass is 10.1. The Hall–Kier alpha value is -4.07. The van der Waals surface area contributed by atoms with Crippen LogP contribution in [0.5, 0.6) is 0 Å². The molecule has 1 aliphatic rings. The standard InChI is InChI=1S/C32H27ClN2O4S/c1-21(2)38-31(37)26-15-13-24(33)17-27(26)28-16-14-25(39-28)18-29-30(36)35(20-23-11-7-4-8-12-23)32(40-29)34-19-22-9-5-3-6-10-22/h3-18,21H,19-20H2,1-2H3/b29-18+,34-32?. The van der Waals surface area contributed by atoms with Gasteiger partial charge in [-0.3, -0.25) is 14.7 Å². The lowest BCUT2D eigenvalue weighted by Gasteiger charge is -2.15. The highest BCUT2D eigenvalue weighted by molar-refractivity contribution is 8.18. The second-order valence-corrected chi connectivity index (χ2v) is 10.9. The van der Waals surface area contributed by atoms with Crippen LogP contribution in [0.3, 0.4) is 0 Å². The van der Waals surface area contributed by atoms with Gasteiger partial charge in [-0.15, -0.1) is 0 Å². The van der Waals surface area contributed by atoms with Crippen molar-refractivity contribution in [2.75, 3.05) is 0 Å². The molecule has 1 fully saturated rings. The number of hydrogen-bond acceptors (Lipinski definition) is 6. The van der Waals surface area contributed by atoms with E-state index in [4.69, 9.17) is 25.7 Å². The van der Waals surface area contributed by atoms with Crippen LogP contribution in [-0.2, 0) is 22.6 Å². The fourth-order valence-corrected chi connectivity index (χ4v) is 5.28. The number of benzene rings is 3. The molecule has 0 atom stereocenters. The topological polar surface area (TPSA) is 72.1 Å². The third-order valence-electron chi connectivity index (χ3n) is 6.02. The third kappa shape index (κ3) is 6.55. The predicted octanol–water partition coefficient (Wildman–Crippen LogP) is 7.84. The number of hydrogen-bond donors (Lipinski definition) is 0. The molecule has 3 aromatic carbocycles. The van der Waals surface area contributed by atoms with E-state index in [1.54, 1.807) is 55.2 Å². The molecule has 1 amide bonds. The van der Waals surface area contributed by atoms with Crippen LogP contribution in [0, 0.1) is 0 Å². The third-order valence-corrected chi connectivity index (χ3v) is 7.30. The Labute approximate surface area is 242 Å². The van der Waals surface area contributed by atoms with Crippen molar-refractivity contribution in [2.24, 2.45) is 4.99 Å². The number of carbonyl (C=O) groups is 2. The van der Waals surface area contributed by atoms with Crippen LogP contribution in [0.15, 0.2) is 105 Å². The smallest absolute Gasteiger partial charge is 0.339 e. The molecular formula is C32H27ClN2O4S. The van der Waals surface area contributed by atoms with E-state index in [0.717, 1.165) is 11.1 Å². The second kappa shape index (κ2) is 12.4. The largest absolute Gasteiger partial charge is 0.459 e. The number of furan rings is 1. The van der Waals surface area contributed by atoms with Gasteiger partial charge in [0.05, 0.1) is 29.7 Å². The van der Waals surface area contributed by atoms with Gasteiger partial charge in [0.1, 0.15) is 11.5 Å². The molecule has 5 rings (SSSR count). The normalized spacial score (nSPS) is 15.4. The minimum atomic E-state index is -0.463. The molecule has 0 aliphatic carbocycles. The van der Waals surface area contributed by atoms with Crippen molar-refractivity contribution in [1.82, 2.24) is 4.90 Å². The van der Waals surface area contributed by atoms with Crippen molar-refractivity contribution < 1.29 is 18.7 Å². The van der Waals surface area contributed by atoms with Crippen molar-refractivity contribution >= 4 is 46.5 Å². The molecule has 1 aliphatic heterocycles. The molecule has 6 nitrogen and oxygen atoms in total. The SMILES string of the molecule is CC(C)OC(=O)c1ccc(Cl)cc1-c1ccc(/C=C2/SC(=NCc3ccccc3)N(Cc3ccccc3)C2=O)o1. The summed E-state index contributed by atoms with van der Waals surface area (Å²) in [4.78, 5) is 33.2. The van der Waals surface area contributed by atoms with Crippen LogP contribution in [0.4, 0.5) is 0 Å². The monoisotopic (exact) mass is 570 g/mol. The van der Waals surface area contributed by atoms with Crippen LogP contribution in [0.25, 0.3) is 17.4 Å². The van der Waals surface area contributed by atoms with E-state index in [1.165, 1.54) is 11.8 Å². The molecule has 2 heterocycles. The number of amides is 1. The molecule has 1 saturated heterocycles. The van der Waals surface area contributed by atoms with Crippen LogP contribution < -0.4 is 0 Å². The van der Waals surface area contributed by atoms with Gasteiger partial charge in [-0.05, 0) is 67.1 Å². The first-order valence-electron chi connectivity index (χ1n) is 12.8. The first kappa shape index (κ1) is 27.5. The molecule has 0 bridgehead atoms. The molecule has 0 unspecified atom stereocenters. The summed E-state index contributed by atoms with van der Waals surface area (Å²) in [6.45, 7) is 4.45. The zero-order valence-corrected chi connectivity index (χ0v) is 23.6. The summed E-state index contributed by atoms with van der Waals surface area (Å²) < 4.78 is 11.5. The molecule has 4 aromatic rings. The number of rotatable bonds is 8. The van der Waals surface area contributed by atoms with Crippen molar-refractivity contribution in [3.63, 3.8) is 0 Å². The van der Waals surface area contributed by atoms with Crippen molar-refractivity contribution in [2.45, 2.75) is 33.0 Å². The van der Waals surface area contributed by atoms with Crippen molar-refractivity contribution in [3.8, 4) is 11.3 Å². The maximum atomic E-state index is 13.5. The van der Waals surface area contributed by atoms with Gasteiger partial charge in [-0.25, -0.2) is 4.79 Å². The molecule has 8 heteroatoms. The van der Waals surface area contributed by atoms with E-state index in [2.05, 4.69) is 0 Å². The Morgan fingerprint density at radius 3 is 2.40 bits per heavy atom. The van der Waals surface area contributed by atoms with Crippen LogP contribution in [0.2, 0.25) is 5.02 Å². The quantitative estimate of drug-likeness (QED) is 0.159. The maximum absolute atomic E-state index is 13.5. The van der Waals surface area contributed by atoms with E-state index in [9.17, 15) is 9.59 Å². The Bertz CT molecular complexity index is 1580. The predicted molar refractivity (Wildman–Crippen MR) is 160 cm³/mol. The summed E-state index contributed by atoms with van der Waals surface area (Å²) in [5.41, 5.74) is 2.93. The lowest BCUT2D eigenvalue weighted by molar-refractivity contribution is -0.122. The second-order valence-electron chi connectivity index (χ2n) is 9.42. The number of esters is 1. The minimum absolute atomic E-state index is 0.150. The lowest BCUT2D eigenvalue weighted by Crippen LogP contribution is -2.28. The maximum Gasteiger partial charge on any atom is 0.339 e. The number of thioether (sulfide) groups is 1. The van der Waals surface area contributed by atoms with Gasteiger partial charge < -0.3 is 9.15 Å². The number of halogens is 1. The van der Waals surface area contributed by atoms with Gasteiger partial charge >= 0.3 is 5.97 Å². The van der Waals surface area contributed by atoms with Gasteiger partial charge in [0.15, 0.2) is 5.17 Å². The van der Waals surface area contributed by atoms with Gasteiger partial charge in [-0.1, -0.05) is 72.3 Å². The fraction of sp³-hybridized carbons (Fsp3) is 0.156. The summed E-state index contributed by atoms with van der Waals surface area (Å²) in [6, 6.07) is 28.2. The highest BCUT2D eigenvalue weighted by Crippen LogP contribution is 2.36. The van der Waals surface area contributed by atoms with Crippen LogP contribution in [-0.4, -0.2) is 28.0 Å². The van der Waals surface area contributed by atoms with E-state index in [1.807, 2.05) is 60.7 Å². The number of carbonyl (C=O) groups excluding carboxylic acids is 2. The molecule has 1 aromatic heterocycles.